The Morgan fingerprint density at radius 1 is 1.50 bits per heavy atom. The van der Waals surface area contributed by atoms with Crippen LogP contribution in [-0.2, 0) is 0 Å². The van der Waals surface area contributed by atoms with Crippen LogP contribution in [0.3, 0.4) is 0 Å². The van der Waals surface area contributed by atoms with Crippen LogP contribution in [0.15, 0.2) is 0 Å². The number of hydrogen-bond donors (Lipinski definition) is 1. The minimum atomic E-state index is -0.124. The predicted octanol–water partition coefficient (Wildman–Crippen LogP) is 1.29. The monoisotopic (exact) mass is 221 g/mol. The van der Waals surface area contributed by atoms with Crippen molar-refractivity contribution in [3.63, 3.8) is 0 Å². The van der Waals surface area contributed by atoms with Gasteiger partial charge in [0.1, 0.15) is 0 Å². The summed E-state index contributed by atoms with van der Waals surface area (Å²) in [6.07, 6.45) is 0. The van der Waals surface area contributed by atoms with Gasteiger partial charge in [0.15, 0.2) is 0 Å². The van der Waals surface area contributed by atoms with Gasteiger partial charge in [0, 0.05) is 0 Å². The summed E-state index contributed by atoms with van der Waals surface area (Å²) in [6, 6.07) is 0. The van der Waals surface area contributed by atoms with E-state index in [0.29, 0.717) is 0 Å². The molecule has 0 amide bonds. The summed E-state index contributed by atoms with van der Waals surface area (Å²) < 4.78 is 4.92. The van der Waals surface area contributed by atoms with Crippen LogP contribution in [0.2, 0.25) is 4.44 Å². The molecule has 0 atom stereocenters. The van der Waals surface area contributed by atoms with Crippen molar-refractivity contribution in [1.82, 2.24) is 3.54 Å². The zero-order chi connectivity index (χ0) is 6.41. The third-order valence-corrected chi connectivity index (χ3v) is 5.45. The minimum absolute atomic E-state index is 0.124. The molecule has 0 rings (SSSR count). The van der Waals surface area contributed by atoms with Crippen molar-refractivity contribution in [2.24, 2.45) is 5.92 Å². The summed E-state index contributed by atoms with van der Waals surface area (Å²) in [4.78, 5) is 0. The van der Waals surface area contributed by atoms with Gasteiger partial charge in [0.2, 0.25) is 0 Å². The van der Waals surface area contributed by atoms with Gasteiger partial charge in [-0.3, -0.25) is 0 Å². The van der Waals surface area contributed by atoms with Crippen molar-refractivity contribution in [2.45, 2.75) is 25.2 Å². The molecule has 8 heavy (non-hydrogen) atoms. The van der Waals surface area contributed by atoms with E-state index in [0.717, 1.165) is 5.92 Å². The van der Waals surface area contributed by atoms with Crippen LogP contribution in [0, 0.1) is 5.92 Å². The van der Waals surface area contributed by atoms with Gasteiger partial charge in [-0.15, -0.1) is 0 Å². The molecule has 2 heteroatoms. The fraction of sp³-hybridized carbons (Fsp3) is 1.00. The van der Waals surface area contributed by atoms with E-state index in [2.05, 4.69) is 24.3 Å². The molecular weight excluding hydrogens is 205 g/mol. The van der Waals surface area contributed by atoms with Crippen LogP contribution in [0.25, 0.3) is 0 Å². The molecule has 0 aliphatic rings. The summed E-state index contributed by atoms with van der Waals surface area (Å²) in [6.45, 7) is 7.94. The first-order valence-corrected chi connectivity index (χ1v) is 6.67. The molecule has 1 N–H and O–H groups in total. The van der Waals surface area contributed by atoms with Crippen LogP contribution in [0.5, 0.6) is 0 Å². The predicted molar refractivity (Wildman–Crippen MR) is 39.1 cm³/mol. The van der Waals surface area contributed by atoms with E-state index >= 15 is 0 Å². The second-order valence-electron chi connectivity index (χ2n) is 2.31. The average molecular weight is 220 g/mol. The van der Waals surface area contributed by atoms with Crippen molar-refractivity contribution in [3.05, 3.63) is 0 Å². The van der Waals surface area contributed by atoms with E-state index in [1.165, 1.54) is 11.0 Å². The summed E-state index contributed by atoms with van der Waals surface area (Å²) in [5, 5.41) is 0. The van der Waals surface area contributed by atoms with Gasteiger partial charge in [0.05, 0.1) is 0 Å². The van der Waals surface area contributed by atoms with Crippen molar-refractivity contribution in [1.29, 1.82) is 0 Å². The van der Waals surface area contributed by atoms with Crippen LogP contribution in [-0.4, -0.2) is 28.0 Å². The molecule has 0 fully saturated rings. The zero-order valence-corrected chi connectivity index (χ0v) is 8.85. The second kappa shape index (κ2) is 5.89. The molecular formula is C6H15NSn. The number of nitrogens with one attached hydrogen (secondary N) is 1. The SMILES string of the molecule is CC[NH][Sn][CH2]C(C)C. The molecule has 0 unspecified atom stereocenters. The second-order valence-corrected chi connectivity index (χ2v) is 5.49. The molecule has 0 aromatic rings. The topological polar surface area (TPSA) is 12.0 Å². The Bertz CT molecular complexity index is 45.8. The van der Waals surface area contributed by atoms with E-state index in [9.17, 15) is 0 Å². The Balaban J connectivity index is 2.72. The van der Waals surface area contributed by atoms with Gasteiger partial charge in [0.25, 0.3) is 0 Å². The molecule has 1 nitrogen and oxygen atoms in total. The van der Waals surface area contributed by atoms with Crippen LogP contribution in [0.4, 0.5) is 0 Å². The maximum absolute atomic E-state index is 3.45. The molecule has 0 aromatic heterocycles. The van der Waals surface area contributed by atoms with E-state index in [-0.39, 0.29) is 21.4 Å². The summed E-state index contributed by atoms with van der Waals surface area (Å²) in [7, 11) is 0. The Morgan fingerprint density at radius 2 is 2.12 bits per heavy atom. The van der Waals surface area contributed by atoms with E-state index < -0.39 is 0 Å². The van der Waals surface area contributed by atoms with Gasteiger partial charge >= 0.3 is 62.6 Å². The molecule has 48 valence electrons. The van der Waals surface area contributed by atoms with Crippen LogP contribution < -0.4 is 3.54 Å². The Kier molecular flexibility index (Phi) is 6.45. The first-order chi connectivity index (χ1) is 3.77. The van der Waals surface area contributed by atoms with E-state index in [1.54, 1.807) is 0 Å². The number of hydrogen-bond acceptors (Lipinski definition) is 1. The number of rotatable bonds is 4. The third-order valence-electron chi connectivity index (χ3n) is 0.812. The summed E-state index contributed by atoms with van der Waals surface area (Å²) in [5.74, 6) is 0.917. The quantitative estimate of drug-likeness (QED) is 0.555. The Labute approximate surface area is 62.8 Å². The molecule has 0 saturated carbocycles. The summed E-state index contributed by atoms with van der Waals surface area (Å²) in [5.41, 5.74) is 0. The van der Waals surface area contributed by atoms with Crippen LogP contribution >= 0.6 is 0 Å². The molecule has 0 aliphatic heterocycles. The first-order valence-electron chi connectivity index (χ1n) is 3.23. The van der Waals surface area contributed by atoms with Crippen molar-refractivity contribution < 1.29 is 0 Å². The van der Waals surface area contributed by atoms with Gasteiger partial charge in [-0.1, -0.05) is 0 Å². The first kappa shape index (κ1) is 8.76. The van der Waals surface area contributed by atoms with Gasteiger partial charge in [-0.05, 0) is 0 Å². The van der Waals surface area contributed by atoms with Gasteiger partial charge in [-0.25, -0.2) is 0 Å². The standard InChI is InChI=1S/C4H9.C2H6N.Sn/c1-4(2)3;1-2-3;/h4H,1H2,2-3H3;3H,2H2,1H3;/q;-1;+1. The molecule has 0 spiro atoms. The normalized spacial score (nSPS) is 10.5. The zero-order valence-electron chi connectivity index (χ0n) is 5.99. The van der Waals surface area contributed by atoms with Gasteiger partial charge < -0.3 is 0 Å². The molecule has 0 saturated heterocycles. The molecule has 0 bridgehead atoms. The fourth-order valence-corrected chi connectivity index (χ4v) is 2.69. The molecule has 2 radical (unpaired) electrons. The van der Waals surface area contributed by atoms with E-state index in [1.807, 2.05) is 0 Å². The van der Waals surface area contributed by atoms with Crippen molar-refractivity contribution in [2.75, 3.05) is 6.54 Å². The Hall–Kier alpha value is 0.759. The molecule has 0 heterocycles. The van der Waals surface area contributed by atoms with Crippen molar-refractivity contribution in [3.8, 4) is 0 Å². The Morgan fingerprint density at radius 3 is 2.50 bits per heavy atom. The van der Waals surface area contributed by atoms with Gasteiger partial charge in [-0.2, -0.15) is 0 Å². The maximum atomic E-state index is 3.45. The van der Waals surface area contributed by atoms with E-state index in [4.69, 9.17) is 0 Å². The van der Waals surface area contributed by atoms with Crippen molar-refractivity contribution >= 4 is 21.4 Å². The fourth-order valence-electron chi connectivity index (χ4n) is 0.401. The molecule has 0 aromatic carbocycles. The average Bonchev–Trinajstić information content (AvgIpc) is 1.66. The third kappa shape index (κ3) is 6.76. The molecule has 0 aliphatic carbocycles. The van der Waals surface area contributed by atoms with Crippen LogP contribution in [0.1, 0.15) is 20.8 Å². The summed E-state index contributed by atoms with van der Waals surface area (Å²) >= 11 is -0.124.